The number of nitrogens with one attached hydrogen (secondary N) is 1. The highest BCUT2D eigenvalue weighted by Gasteiger charge is 2.20. The van der Waals surface area contributed by atoms with Crippen LogP contribution in [-0.2, 0) is 11.3 Å². The van der Waals surface area contributed by atoms with Crippen LogP contribution in [0.1, 0.15) is 17.5 Å². The number of rotatable bonds is 11. The number of anilines is 1. The molecule has 0 aromatic heterocycles. The third-order valence-electron chi connectivity index (χ3n) is 6.50. The second-order valence-electron chi connectivity index (χ2n) is 9.35. The number of nitro groups is 1. The fourth-order valence-electron chi connectivity index (χ4n) is 4.28. The van der Waals surface area contributed by atoms with Crippen molar-refractivity contribution in [3.8, 4) is 5.75 Å². The molecule has 0 unspecified atom stereocenters. The monoisotopic (exact) mass is 550 g/mol. The number of nitrogens with zero attached hydrogens (tertiary/aromatic N) is 3. The zero-order valence-corrected chi connectivity index (χ0v) is 23.1. The van der Waals surface area contributed by atoms with Gasteiger partial charge >= 0.3 is 6.03 Å². The fourth-order valence-corrected chi connectivity index (χ4v) is 5.20. The molecule has 0 radical (unpaired) electrons. The Morgan fingerprint density at radius 3 is 2.49 bits per heavy atom. The largest absolute Gasteiger partial charge is 0.497 e. The maximum atomic E-state index is 13.5. The number of urea groups is 1. The summed E-state index contributed by atoms with van der Waals surface area (Å²) in [6, 6.07) is 19.9. The van der Waals surface area contributed by atoms with Crippen LogP contribution in [0.3, 0.4) is 0 Å². The fraction of sp³-hybridized carbons (Fsp3) is 0.345. The van der Waals surface area contributed by atoms with Crippen molar-refractivity contribution in [1.82, 2.24) is 9.80 Å². The molecule has 1 aliphatic heterocycles. The predicted octanol–water partition coefficient (Wildman–Crippen LogP) is 5.82. The van der Waals surface area contributed by atoms with E-state index in [0.717, 1.165) is 60.2 Å². The Labute approximate surface area is 233 Å². The van der Waals surface area contributed by atoms with Crippen molar-refractivity contribution in [2.75, 3.05) is 51.8 Å². The van der Waals surface area contributed by atoms with Crippen molar-refractivity contribution < 1.29 is 19.2 Å². The summed E-state index contributed by atoms with van der Waals surface area (Å²) in [5.74, 6) is 0.699. The third-order valence-corrected chi connectivity index (χ3v) is 7.63. The van der Waals surface area contributed by atoms with Crippen LogP contribution in [0.2, 0.25) is 0 Å². The van der Waals surface area contributed by atoms with Crippen molar-refractivity contribution in [2.24, 2.45) is 0 Å². The van der Waals surface area contributed by atoms with E-state index in [1.807, 2.05) is 31.2 Å². The number of hydrogen-bond donors (Lipinski definition) is 1. The lowest BCUT2D eigenvalue weighted by Gasteiger charge is -2.29. The van der Waals surface area contributed by atoms with E-state index in [9.17, 15) is 14.9 Å². The van der Waals surface area contributed by atoms with Crippen LogP contribution >= 0.6 is 11.8 Å². The minimum absolute atomic E-state index is 0.00193. The van der Waals surface area contributed by atoms with Crippen LogP contribution < -0.4 is 10.1 Å². The normalized spacial score (nSPS) is 13.6. The molecule has 0 bridgehead atoms. The second kappa shape index (κ2) is 14.0. The lowest BCUT2D eigenvalue weighted by molar-refractivity contribution is -0.385. The highest BCUT2D eigenvalue weighted by Crippen LogP contribution is 2.33. The summed E-state index contributed by atoms with van der Waals surface area (Å²) in [6.07, 6.45) is 0.769. The van der Waals surface area contributed by atoms with E-state index in [4.69, 9.17) is 9.47 Å². The number of aryl methyl sites for hydroxylation is 1. The number of nitro benzene ring substituents is 1. The first-order valence-corrected chi connectivity index (χ1v) is 13.7. The molecule has 9 nitrogen and oxygen atoms in total. The van der Waals surface area contributed by atoms with E-state index >= 15 is 0 Å². The lowest BCUT2D eigenvalue weighted by atomic mass is 10.2. The van der Waals surface area contributed by atoms with Gasteiger partial charge in [-0.1, -0.05) is 29.5 Å². The van der Waals surface area contributed by atoms with Gasteiger partial charge in [-0.15, -0.1) is 0 Å². The van der Waals surface area contributed by atoms with Crippen molar-refractivity contribution in [3.63, 3.8) is 0 Å². The molecule has 10 heteroatoms. The van der Waals surface area contributed by atoms with Gasteiger partial charge in [0.2, 0.25) is 0 Å². The van der Waals surface area contributed by atoms with Gasteiger partial charge in [-0.3, -0.25) is 15.0 Å². The summed E-state index contributed by atoms with van der Waals surface area (Å²) in [5, 5.41) is 14.6. The standard InChI is InChI=1S/C29H34N4O5S/c1-22-4-11-27(12-5-22)39-28-13-8-25(33(35)36)20-23(28)21-32(15-3-14-31-16-18-38-19-17-31)29(34)30-24-6-9-26(37-2)10-7-24/h4-13,20H,3,14-19,21H2,1-2H3,(H,30,34). The van der Waals surface area contributed by atoms with E-state index in [2.05, 4.69) is 10.2 Å². The summed E-state index contributed by atoms with van der Waals surface area (Å²) in [4.78, 5) is 30.6. The van der Waals surface area contributed by atoms with Gasteiger partial charge in [0.15, 0.2) is 0 Å². The molecule has 0 spiro atoms. The van der Waals surface area contributed by atoms with Gasteiger partial charge in [0.25, 0.3) is 5.69 Å². The van der Waals surface area contributed by atoms with Gasteiger partial charge in [-0.25, -0.2) is 4.79 Å². The highest BCUT2D eigenvalue weighted by atomic mass is 32.2. The maximum Gasteiger partial charge on any atom is 0.322 e. The number of benzene rings is 3. The van der Waals surface area contributed by atoms with Gasteiger partial charge in [-0.05, 0) is 61.4 Å². The number of carbonyl (C=O) groups is 1. The summed E-state index contributed by atoms with van der Waals surface area (Å²) < 4.78 is 10.7. The van der Waals surface area contributed by atoms with Gasteiger partial charge in [-0.2, -0.15) is 0 Å². The molecule has 1 aliphatic rings. The van der Waals surface area contributed by atoms with Gasteiger partial charge in [0.05, 0.1) is 25.2 Å². The predicted molar refractivity (Wildman–Crippen MR) is 153 cm³/mol. The maximum absolute atomic E-state index is 13.5. The number of amides is 2. The Hall–Kier alpha value is -3.60. The first kappa shape index (κ1) is 28.4. The first-order chi connectivity index (χ1) is 18.9. The van der Waals surface area contributed by atoms with Crippen molar-refractivity contribution in [2.45, 2.75) is 29.7 Å². The van der Waals surface area contributed by atoms with Gasteiger partial charge < -0.3 is 19.7 Å². The van der Waals surface area contributed by atoms with E-state index in [1.165, 1.54) is 17.8 Å². The Morgan fingerprint density at radius 1 is 1.10 bits per heavy atom. The second-order valence-corrected chi connectivity index (χ2v) is 10.5. The van der Waals surface area contributed by atoms with Crippen molar-refractivity contribution in [1.29, 1.82) is 0 Å². The molecule has 1 fully saturated rings. The first-order valence-electron chi connectivity index (χ1n) is 12.9. The minimum Gasteiger partial charge on any atom is -0.497 e. The number of hydrogen-bond acceptors (Lipinski definition) is 7. The highest BCUT2D eigenvalue weighted by molar-refractivity contribution is 7.99. The Bertz CT molecular complexity index is 1250. The number of carbonyl (C=O) groups excluding carboxylic acids is 1. The number of ether oxygens (including phenoxy) is 2. The summed E-state index contributed by atoms with van der Waals surface area (Å²) in [7, 11) is 1.59. The van der Waals surface area contributed by atoms with Crippen LogP contribution in [0, 0.1) is 17.0 Å². The van der Waals surface area contributed by atoms with Crippen molar-refractivity contribution in [3.05, 3.63) is 88.0 Å². The number of methoxy groups -OCH3 is 1. The van der Waals surface area contributed by atoms with Crippen LogP contribution in [0.5, 0.6) is 5.75 Å². The molecule has 0 saturated carbocycles. The third kappa shape index (κ3) is 8.44. The molecule has 1 heterocycles. The zero-order valence-electron chi connectivity index (χ0n) is 22.3. The molecular weight excluding hydrogens is 516 g/mol. The summed E-state index contributed by atoms with van der Waals surface area (Å²) >= 11 is 1.53. The average Bonchev–Trinajstić information content (AvgIpc) is 2.95. The lowest BCUT2D eigenvalue weighted by Crippen LogP contribution is -2.40. The smallest absolute Gasteiger partial charge is 0.322 e. The van der Waals surface area contributed by atoms with E-state index in [-0.39, 0.29) is 18.3 Å². The van der Waals surface area contributed by atoms with Gasteiger partial charge in [0.1, 0.15) is 5.75 Å². The van der Waals surface area contributed by atoms with E-state index < -0.39 is 4.92 Å². The molecule has 0 aliphatic carbocycles. The van der Waals surface area contributed by atoms with Crippen LogP contribution in [0.25, 0.3) is 0 Å². The molecule has 39 heavy (non-hydrogen) atoms. The molecule has 1 saturated heterocycles. The summed E-state index contributed by atoms with van der Waals surface area (Å²) in [5.41, 5.74) is 2.53. The van der Waals surface area contributed by atoms with Crippen LogP contribution in [0.15, 0.2) is 76.5 Å². The quantitative estimate of drug-likeness (QED) is 0.237. The van der Waals surface area contributed by atoms with Crippen molar-refractivity contribution >= 4 is 29.2 Å². The topological polar surface area (TPSA) is 97.2 Å². The SMILES string of the molecule is COc1ccc(NC(=O)N(CCCN2CCOCC2)Cc2cc([N+](=O)[O-])ccc2Sc2ccc(C)cc2)cc1. The zero-order chi connectivity index (χ0) is 27.6. The minimum atomic E-state index is -0.399. The number of non-ortho nitro benzene ring substituents is 1. The molecule has 206 valence electrons. The molecule has 3 aromatic rings. The number of morpholine rings is 1. The average molecular weight is 551 g/mol. The van der Waals surface area contributed by atoms with Gasteiger partial charge in [0, 0.05) is 60.3 Å². The van der Waals surface area contributed by atoms with Crippen LogP contribution in [0.4, 0.5) is 16.2 Å². The van der Waals surface area contributed by atoms with E-state index in [1.54, 1.807) is 48.4 Å². The molecular formula is C29H34N4O5S. The Kier molecular flexibility index (Phi) is 10.2. The molecule has 4 rings (SSSR count). The Morgan fingerprint density at radius 2 is 1.82 bits per heavy atom. The molecule has 3 aromatic carbocycles. The van der Waals surface area contributed by atoms with E-state index in [0.29, 0.717) is 18.0 Å². The molecule has 2 amide bonds. The Balaban J connectivity index is 1.55. The van der Waals surface area contributed by atoms with Crippen LogP contribution in [-0.4, -0.2) is 67.3 Å². The molecule has 1 N–H and O–H groups in total. The molecule has 0 atom stereocenters. The summed E-state index contributed by atoms with van der Waals surface area (Å²) in [6.45, 7) is 6.79.